The molecule has 2 N–H and O–H groups in total. The van der Waals surface area contributed by atoms with Crippen LogP contribution in [0.2, 0.25) is 10.0 Å². The number of pyridine rings is 1. The van der Waals surface area contributed by atoms with Crippen LogP contribution >= 0.6 is 23.2 Å². The lowest BCUT2D eigenvalue weighted by atomic mass is 9.91. The Morgan fingerprint density at radius 3 is 2.49 bits per heavy atom. The fourth-order valence-corrected chi connectivity index (χ4v) is 5.81. The monoisotopic (exact) mass is 573 g/mol. The van der Waals surface area contributed by atoms with Gasteiger partial charge in [0, 0.05) is 36.3 Å². The number of hydrogen-bond acceptors (Lipinski definition) is 6. The molecule has 3 amide bonds. The Labute approximate surface area is 238 Å². The molecule has 4 atom stereocenters. The van der Waals surface area contributed by atoms with E-state index in [0.29, 0.717) is 40.9 Å². The van der Waals surface area contributed by atoms with Gasteiger partial charge in [0.25, 0.3) is 5.91 Å². The van der Waals surface area contributed by atoms with E-state index in [4.69, 9.17) is 27.9 Å². The number of nitrogens with one attached hydrogen (secondary N) is 2. The number of carbonyl (C=O) groups excluding carboxylic acids is 3. The number of likely N-dealkylation sites (tertiary alicyclic amines) is 1. The van der Waals surface area contributed by atoms with Crippen molar-refractivity contribution in [1.82, 2.24) is 14.8 Å². The summed E-state index contributed by atoms with van der Waals surface area (Å²) in [5.41, 5.74) is 0.203. The molecule has 39 heavy (non-hydrogen) atoms. The predicted octanol–water partition coefficient (Wildman–Crippen LogP) is 4.81. The first-order chi connectivity index (χ1) is 18.5. The van der Waals surface area contributed by atoms with E-state index in [9.17, 15) is 14.4 Å². The molecule has 1 aromatic carbocycles. The van der Waals surface area contributed by atoms with E-state index in [1.54, 1.807) is 24.3 Å². The highest BCUT2D eigenvalue weighted by Gasteiger charge is 2.51. The molecule has 3 saturated heterocycles. The summed E-state index contributed by atoms with van der Waals surface area (Å²) in [4.78, 5) is 46.9. The zero-order valence-electron chi connectivity index (χ0n) is 22.2. The van der Waals surface area contributed by atoms with E-state index in [2.05, 4.69) is 20.5 Å². The number of aromatic nitrogens is 1. The molecule has 3 aliphatic rings. The SMILES string of the molecule is CC(C)(C)OC1CC(C(=O)Nc2ccc(Cl)cc2C(=O)Nc2ccc(Cl)cn2)CCN1C1CCN2C(=O)C2C1. The molecule has 1 aromatic heterocycles. The second kappa shape index (κ2) is 11.0. The summed E-state index contributed by atoms with van der Waals surface area (Å²) in [7, 11) is 0. The smallest absolute Gasteiger partial charge is 0.258 e. The molecule has 3 fully saturated rings. The Bertz CT molecular complexity index is 1270. The average Bonchev–Trinajstić information content (AvgIpc) is 3.54. The molecule has 208 valence electrons. The van der Waals surface area contributed by atoms with Gasteiger partial charge in [0.2, 0.25) is 11.8 Å². The fraction of sp³-hybridized carbons (Fsp3) is 0.500. The number of anilines is 2. The van der Waals surface area contributed by atoms with E-state index < -0.39 is 11.5 Å². The quantitative estimate of drug-likeness (QED) is 0.481. The van der Waals surface area contributed by atoms with Gasteiger partial charge in [-0.05, 0) is 76.8 Å². The van der Waals surface area contributed by atoms with Crippen molar-refractivity contribution < 1.29 is 19.1 Å². The topological polar surface area (TPSA) is 104 Å². The molecular weight excluding hydrogens is 541 g/mol. The van der Waals surface area contributed by atoms with Gasteiger partial charge in [0.05, 0.1) is 21.9 Å². The third-order valence-corrected chi connectivity index (χ3v) is 7.91. The first kappa shape index (κ1) is 27.8. The lowest BCUT2D eigenvalue weighted by Crippen LogP contribution is -2.54. The molecule has 9 nitrogen and oxygen atoms in total. The van der Waals surface area contributed by atoms with Crippen LogP contribution in [0.15, 0.2) is 36.5 Å². The number of hydrogen-bond donors (Lipinski definition) is 2. The van der Waals surface area contributed by atoms with Crippen LogP contribution < -0.4 is 10.6 Å². The van der Waals surface area contributed by atoms with Crippen LogP contribution in [-0.2, 0) is 14.3 Å². The minimum absolute atomic E-state index is 0.0394. The number of piperidine rings is 2. The van der Waals surface area contributed by atoms with Crippen molar-refractivity contribution in [2.45, 2.75) is 70.4 Å². The molecule has 11 heteroatoms. The van der Waals surface area contributed by atoms with Gasteiger partial charge in [-0.25, -0.2) is 4.98 Å². The zero-order valence-corrected chi connectivity index (χ0v) is 23.8. The Hall–Kier alpha value is -2.72. The number of carbonyl (C=O) groups is 3. The van der Waals surface area contributed by atoms with Gasteiger partial charge >= 0.3 is 0 Å². The highest BCUT2D eigenvalue weighted by molar-refractivity contribution is 6.31. The van der Waals surface area contributed by atoms with Crippen LogP contribution in [0.5, 0.6) is 0 Å². The summed E-state index contributed by atoms with van der Waals surface area (Å²) in [6.45, 7) is 7.51. The largest absolute Gasteiger partial charge is 0.358 e. The van der Waals surface area contributed by atoms with Crippen molar-refractivity contribution in [3.63, 3.8) is 0 Å². The van der Waals surface area contributed by atoms with Crippen molar-refractivity contribution >= 4 is 52.4 Å². The normalized spacial score (nSPS) is 25.2. The molecule has 4 unspecified atom stereocenters. The number of fused-ring (bicyclic) bond motifs is 1. The number of ether oxygens (including phenoxy) is 1. The molecule has 0 radical (unpaired) electrons. The molecular formula is C28H33Cl2N5O4. The van der Waals surface area contributed by atoms with E-state index in [0.717, 1.165) is 19.4 Å². The first-order valence-corrected chi connectivity index (χ1v) is 14.0. The number of halogens is 2. The number of nitrogens with zero attached hydrogens (tertiary/aromatic N) is 3. The van der Waals surface area contributed by atoms with Gasteiger partial charge in [-0.1, -0.05) is 23.2 Å². The highest BCUT2D eigenvalue weighted by atomic mass is 35.5. The summed E-state index contributed by atoms with van der Waals surface area (Å²) in [6.07, 6.45) is 4.08. The summed E-state index contributed by atoms with van der Waals surface area (Å²) >= 11 is 12.1. The van der Waals surface area contributed by atoms with Gasteiger partial charge in [-0.2, -0.15) is 0 Å². The first-order valence-electron chi connectivity index (χ1n) is 13.3. The van der Waals surface area contributed by atoms with Crippen LogP contribution in [-0.4, -0.2) is 69.5 Å². The van der Waals surface area contributed by atoms with E-state index in [1.807, 2.05) is 25.7 Å². The minimum Gasteiger partial charge on any atom is -0.358 e. The Kier molecular flexibility index (Phi) is 7.88. The van der Waals surface area contributed by atoms with Crippen LogP contribution in [0.4, 0.5) is 11.5 Å². The summed E-state index contributed by atoms with van der Waals surface area (Å²) in [5, 5.41) is 6.50. The predicted molar refractivity (Wildman–Crippen MR) is 150 cm³/mol. The maximum Gasteiger partial charge on any atom is 0.258 e. The average molecular weight is 575 g/mol. The summed E-state index contributed by atoms with van der Waals surface area (Å²) in [5.74, 6) is -0.358. The van der Waals surface area contributed by atoms with Crippen molar-refractivity contribution in [3.8, 4) is 0 Å². The summed E-state index contributed by atoms with van der Waals surface area (Å²) < 4.78 is 6.45. The van der Waals surface area contributed by atoms with Crippen molar-refractivity contribution in [1.29, 1.82) is 0 Å². The second-order valence-electron chi connectivity index (χ2n) is 11.4. The van der Waals surface area contributed by atoms with E-state index >= 15 is 0 Å². The Morgan fingerprint density at radius 1 is 1.03 bits per heavy atom. The highest BCUT2D eigenvalue weighted by Crippen LogP contribution is 2.37. The van der Waals surface area contributed by atoms with Crippen LogP contribution in [0.3, 0.4) is 0 Å². The zero-order chi connectivity index (χ0) is 27.9. The minimum atomic E-state index is -0.452. The second-order valence-corrected chi connectivity index (χ2v) is 12.2. The van der Waals surface area contributed by atoms with E-state index in [-0.39, 0.29) is 41.6 Å². The number of amides is 3. The van der Waals surface area contributed by atoms with Crippen LogP contribution in [0.1, 0.15) is 56.8 Å². The standard InChI is InChI=1S/C28H33Cl2N5O4/c1-28(2,3)39-24-12-16(8-10-34(24)19-9-11-35-22(14-19)27(35)38)25(36)32-21-6-4-17(29)13-20(21)26(37)33-23-7-5-18(30)15-31-23/h4-7,13,15-16,19,22,24H,8-12,14H2,1-3H3,(H,32,36)(H,31,33,37). The van der Waals surface area contributed by atoms with Crippen molar-refractivity contribution in [2.24, 2.45) is 5.92 Å². The number of rotatable bonds is 6. The van der Waals surface area contributed by atoms with Gasteiger partial charge in [-0.3, -0.25) is 19.3 Å². The van der Waals surface area contributed by atoms with Gasteiger partial charge in [0.15, 0.2) is 0 Å². The lowest BCUT2D eigenvalue weighted by molar-refractivity contribution is -0.172. The molecule has 2 aromatic rings. The third kappa shape index (κ3) is 6.54. The van der Waals surface area contributed by atoms with Crippen molar-refractivity contribution in [2.75, 3.05) is 23.7 Å². The van der Waals surface area contributed by atoms with Crippen LogP contribution in [0.25, 0.3) is 0 Å². The molecule has 0 aliphatic carbocycles. The molecule has 4 heterocycles. The maximum atomic E-state index is 13.5. The van der Waals surface area contributed by atoms with E-state index in [1.165, 1.54) is 12.3 Å². The van der Waals surface area contributed by atoms with Gasteiger partial charge in [-0.15, -0.1) is 0 Å². The van der Waals surface area contributed by atoms with Crippen LogP contribution in [0, 0.1) is 5.92 Å². The lowest BCUT2D eigenvalue weighted by Gasteiger charge is -2.46. The maximum absolute atomic E-state index is 13.5. The van der Waals surface area contributed by atoms with Gasteiger partial charge < -0.3 is 20.3 Å². The third-order valence-electron chi connectivity index (χ3n) is 7.45. The molecule has 5 rings (SSSR count). The van der Waals surface area contributed by atoms with Crippen molar-refractivity contribution in [3.05, 3.63) is 52.1 Å². The number of benzene rings is 1. The summed E-state index contributed by atoms with van der Waals surface area (Å²) in [6, 6.07) is 8.29. The molecule has 0 saturated carbocycles. The molecule has 3 aliphatic heterocycles. The Balaban J connectivity index is 1.28. The van der Waals surface area contributed by atoms with Gasteiger partial charge in [0.1, 0.15) is 18.1 Å². The molecule has 0 bridgehead atoms. The Morgan fingerprint density at radius 2 is 1.79 bits per heavy atom. The molecule has 0 spiro atoms. The fourth-order valence-electron chi connectivity index (χ4n) is 5.52.